The Morgan fingerprint density at radius 1 is 1.24 bits per heavy atom. The van der Waals surface area contributed by atoms with Gasteiger partial charge in [-0.25, -0.2) is 9.97 Å². The van der Waals surface area contributed by atoms with E-state index in [0.717, 1.165) is 18.1 Å². The molecular weight excluding hydrogens is 266 g/mol. The molecule has 2 aromatic rings. The SMILES string of the molecule is CCc1nnc(CN(C)c2nccc(C3CCCC3)n2)o1. The summed E-state index contributed by atoms with van der Waals surface area (Å²) in [6.45, 7) is 2.52. The highest BCUT2D eigenvalue weighted by Gasteiger charge is 2.19. The molecule has 0 radical (unpaired) electrons. The van der Waals surface area contributed by atoms with Gasteiger partial charge < -0.3 is 9.32 Å². The Bertz CT molecular complexity index is 591. The Kier molecular flexibility index (Phi) is 4.13. The van der Waals surface area contributed by atoms with Gasteiger partial charge in [0.2, 0.25) is 17.7 Å². The van der Waals surface area contributed by atoms with Crippen LogP contribution in [0.25, 0.3) is 0 Å². The van der Waals surface area contributed by atoms with E-state index in [1.165, 1.54) is 25.7 Å². The number of nitrogens with zero attached hydrogens (tertiary/aromatic N) is 5. The van der Waals surface area contributed by atoms with E-state index in [-0.39, 0.29) is 0 Å². The molecule has 2 heterocycles. The zero-order chi connectivity index (χ0) is 14.7. The van der Waals surface area contributed by atoms with Crippen molar-refractivity contribution in [3.8, 4) is 0 Å². The van der Waals surface area contributed by atoms with Crippen LogP contribution >= 0.6 is 0 Å². The predicted molar refractivity (Wildman–Crippen MR) is 79.0 cm³/mol. The number of aromatic nitrogens is 4. The molecule has 3 rings (SSSR count). The normalized spacial score (nSPS) is 15.5. The van der Waals surface area contributed by atoms with Crippen molar-refractivity contribution in [2.45, 2.75) is 51.5 Å². The number of rotatable bonds is 5. The van der Waals surface area contributed by atoms with E-state index in [0.29, 0.717) is 24.2 Å². The lowest BCUT2D eigenvalue weighted by Crippen LogP contribution is -2.20. The monoisotopic (exact) mass is 287 g/mol. The first-order valence-corrected chi connectivity index (χ1v) is 7.61. The minimum absolute atomic E-state index is 0.529. The Balaban J connectivity index is 1.71. The van der Waals surface area contributed by atoms with Gasteiger partial charge in [-0.05, 0) is 18.9 Å². The predicted octanol–water partition coefficient (Wildman–Crippen LogP) is 2.72. The first-order valence-electron chi connectivity index (χ1n) is 7.61. The molecule has 0 atom stereocenters. The van der Waals surface area contributed by atoms with Crippen LogP contribution in [0.15, 0.2) is 16.7 Å². The van der Waals surface area contributed by atoms with Crippen LogP contribution in [-0.2, 0) is 13.0 Å². The molecule has 6 heteroatoms. The second-order valence-electron chi connectivity index (χ2n) is 5.56. The van der Waals surface area contributed by atoms with Gasteiger partial charge >= 0.3 is 0 Å². The van der Waals surface area contributed by atoms with Crippen LogP contribution in [0.5, 0.6) is 0 Å². The van der Waals surface area contributed by atoms with Gasteiger partial charge in [0.05, 0.1) is 6.54 Å². The first-order chi connectivity index (χ1) is 10.3. The first kappa shape index (κ1) is 14.0. The van der Waals surface area contributed by atoms with Crippen molar-refractivity contribution in [2.24, 2.45) is 0 Å². The quantitative estimate of drug-likeness (QED) is 0.842. The van der Waals surface area contributed by atoms with E-state index < -0.39 is 0 Å². The van der Waals surface area contributed by atoms with Crippen LogP contribution in [0.1, 0.15) is 56.0 Å². The molecule has 1 fully saturated rings. The molecule has 0 amide bonds. The molecule has 0 unspecified atom stereocenters. The van der Waals surface area contributed by atoms with Crippen LogP contribution in [0, 0.1) is 0 Å². The van der Waals surface area contributed by atoms with Crippen molar-refractivity contribution < 1.29 is 4.42 Å². The maximum Gasteiger partial charge on any atom is 0.235 e. The summed E-state index contributed by atoms with van der Waals surface area (Å²) in [5.41, 5.74) is 1.16. The lowest BCUT2D eigenvalue weighted by molar-refractivity contribution is 0.451. The Hall–Kier alpha value is -1.98. The van der Waals surface area contributed by atoms with E-state index in [2.05, 4.69) is 15.2 Å². The van der Waals surface area contributed by atoms with Crippen LogP contribution in [0.3, 0.4) is 0 Å². The zero-order valence-electron chi connectivity index (χ0n) is 12.6. The van der Waals surface area contributed by atoms with Crippen molar-refractivity contribution in [3.05, 3.63) is 29.7 Å². The third-order valence-electron chi connectivity index (χ3n) is 3.96. The maximum absolute atomic E-state index is 5.54. The molecule has 6 nitrogen and oxygen atoms in total. The van der Waals surface area contributed by atoms with Gasteiger partial charge in [-0.3, -0.25) is 0 Å². The zero-order valence-corrected chi connectivity index (χ0v) is 12.6. The second kappa shape index (κ2) is 6.20. The third kappa shape index (κ3) is 3.20. The van der Waals surface area contributed by atoms with Gasteiger partial charge in [0, 0.05) is 31.3 Å². The molecule has 0 aliphatic heterocycles. The lowest BCUT2D eigenvalue weighted by Gasteiger charge is -2.16. The molecule has 0 bridgehead atoms. The molecule has 1 aliphatic carbocycles. The van der Waals surface area contributed by atoms with Crippen molar-refractivity contribution in [1.29, 1.82) is 0 Å². The smallest absolute Gasteiger partial charge is 0.235 e. The molecule has 21 heavy (non-hydrogen) atoms. The van der Waals surface area contributed by atoms with Crippen LogP contribution in [0.4, 0.5) is 5.95 Å². The fourth-order valence-corrected chi connectivity index (χ4v) is 2.76. The van der Waals surface area contributed by atoms with Gasteiger partial charge in [0.25, 0.3) is 0 Å². The van der Waals surface area contributed by atoms with Crippen molar-refractivity contribution in [1.82, 2.24) is 20.2 Å². The fraction of sp³-hybridized carbons (Fsp3) is 0.600. The molecule has 0 aromatic carbocycles. The average Bonchev–Trinajstić information content (AvgIpc) is 3.18. The molecule has 112 valence electrons. The third-order valence-corrected chi connectivity index (χ3v) is 3.96. The standard InChI is InChI=1S/C15H21N5O/c1-3-13-18-19-14(21-13)10-20(2)15-16-9-8-12(17-15)11-6-4-5-7-11/h8-9,11H,3-7,10H2,1-2H3. The van der Waals surface area contributed by atoms with Crippen molar-refractivity contribution in [2.75, 3.05) is 11.9 Å². The molecule has 0 saturated heterocycles. The number of hydrogen-bond donors (Lipinski definition) is 0. The highest BCUT2D eigenvalue weighted by atomic mass is 16.4. The molecule has 1 aliphatic rings. The van der Waals surface area contributed by atoms with Gasteiger partial charge in [0.15, 0.2) is 0 Å². The Labute approximate surface area is 124 Å². The summed E-state index contributed by atoms with van der Waals surface area (Å²) in [5.74, 6) is 2.58. The largest absolute Gasteiger partial charge is 0.423 e. The number of aryl methyl sites for hydroxylation is 1. The minimum atomic E-state index is 0.529. The van der Waals surface area contributed by atoms with E-state index in [9.17, 15) is 0 Å². The second-order valence-corrected chi connectivity index (χ2v) is 5.56. The van der Waals surface area contributed by atoms with Gasteiger partial charge in [-0.1, -0.05) is 19.8 Å². The van der Waals surface area contributed by atoms with E-state index in [1.807, 2.05) is 31.1 Å². The Morgan fingerprint density at radius 3 is 2.71 bits per heavy atom. The van der Waals surface area contributed by atoms with Gasteiger partial charge in [-0.15, -0.1) is 10.2 Å². The van der Waals surface area contributed by atoms with Crippen molar-refractivity contribution in [3.63, 3.8) is 0 Å². The topological polar surface area (TPSA) is 67.9 Å². The van der Waals surface area contributed by atoms with Crippen LogP contribution in [-0.4, -0.2) is 27.2 Å². The number of anilines is 1. The lowest BCUT2D eigenvalue weighted by atomic mass is 10.0. The van der Waals surface area contributed by atoms with E-state index >= 15 is 0 Å². The summed E-state index contributed by atoms with van der Waals surface area (Å²) in [4.78, 5) is 11.0. The average molecular weight is 287 g/mol. The molecule has 0 spiro atoms. The highest BCUT2D eigenvalue weighted by molar-refractivity contribution is 5.30. The molecular formula is C15H21N5O. The van der Waals surface area contributed by atoms with Gasteiger partial charge in [-0.2, -0.15) is 0 Å². The Morgan fingerprint density at radius 2 is 2.00 bits per heavy atom. The van der Waals surface area contributed by atoms with Crippen LogP contribution in [0.2, 0.25) is 0 Å². The summed E-state index contributed by atoms with van der Waals surface area (Å²) < 4.78 is 5.54. The minimum Gasteiger partial charge on any atom is -0.423 e. The molecule has 2 aromatic heterocycles. The fourth-order valence-electron chi connectivity index (χ4n) is 2.76. The summed E-state index contributed by atoms with van der Waals surface area (Å²) >= 11 is 0. The van der Waals surface area contributed by atoms with Crippen molar-refractivity contribution >= 4 is 5.95 Å². The summed E-state index contributed by atoms with van der Waals surface area (Å²) in [5, 5.41) is 8.02. The van der Waals surface area contributed by atoms with Crippen LogP contribution < -0.4 is 4.90 Å². The van der Waals surface area contributed by atoms with E-state index in [1.54, 1.807) is 0 Å². The summed E-state index contributed by atoms with van der Waals surface area (Å²) in [6, 6.07) is 2.04. The highest BCUT2D eigenvalue weighted by Crippen LogP contribution is 2.33. The summed E-state index contributed by atoms with van der Waals surface area (Å²) in [7, 11) is 1.95. The number of hydrogen-bond acceptors (Lipinski definition) is 6. The molecule has 1 saturated carbocycles. The van der Waals surface area contributed by atoms with Gasteiger partial charge in [0.1, 0.15) is 0 Å². The summed E-state index contributed by atoms with van der Waals surface area (Å²) in [6.07, 6.45) is 7.69. The molecule has 0 N–H and O–H groups in total. The van der Waals surface area contributed by atoms with E-state index in [4.69, 9.17) is 9.40 Å². The maximum atomic E-state index is 5.54.